The maximum absolute atomic E-state index is 12.8. The summed E-state index contributed by atoms with van der Waals surface area (Å²) in [6.07, 6.45) is 1.62. The summed E-state index contributed by atoms with van der Waals surface area (Å²) in [5.41, 5.74) is 1.41. The van der Waals surface area contributed by atoms with Crippen molar-refractivity contribution in [1.29, 1.82) is 0 Å². The molecule has 1 aromatic carbocycles. The lowest BCUT2D eigenvalue weighted by Gasteiger charge is -2.27. The average Bonchev–Trinajstić information content (AvgIpc) is 2.60. The molecule has 0 aliphatic rings. The summed E-state index contributed by atoms with van der Waals surface area (Å²) in [6, 6.07) is 11.0. The van der Waals surface area contributed by atoms with Gasteiger partial charge in [-0.25, -0.2) is 4.98 Å². The number of pyridine rings is 1. The zero-order valence-corrected chi connectivity index (χ0v) is 13.9. The summed E-state index contributed by atoms with van der Waals surface area (Å²) in [5, 5.41) is 0. The van der Waals surface area contributed by atoms with Crippen LogP contribution in [-0.2, 0) is 0 Å². The van der Waals surface area contributed by atoms with Crippen LogP contribution in [0.15, 0.2) is 42.6 Å². The number of hydrogen-bond donors (Lipinski definition) is 0. The Morgan fingerprint density at radius 2 is 2.00 bits per heavy atom. The number of methoxy groups -OCH3 is 1. The molecule has 5 heteroatoms. The molecular formula is C18H22N2O3. The fourth-order valence-corrected chi connectivity index (χ4v) is 2.39. The largest absolute Gasteiger partial charge is 0.496 e. The van der Waals surface area contributed by atoms with Gasteiger partial charge in [0.15, 0.2) is 0 Å². The van der Waals surface area contributed by atoms with E-state index in [0.717, 1.165) is 11.3 Å². The summed E-state index contributed by atoms with van der Waals surface area (Å²) < 4.78 is 10.8. The predicted molar refractivity (Wildman–Crippen MR) is 88.9 cm³/mol. The maximum atomic E-state index is 12.8. The summed E-state index contributed by atoms with van der Waals surface area (Å²) in [6.45, 7) is 4.29. The Morgan fingerprint density at radius 3 is 2.70 bits per heavy atom. The first-order chi connectivity index (χ1) is 11.1. The van der Waals surface area contributed by atoms with Crippen molar-refractivity contribution in [1.82, 2.24) is 9.88 Å². The molecule has 23 heavy (non-hydrogen) atoms. The Kier molecular flexibility index (Phi) is 5.57. The summed E-state index contributed by atoms with van der Waals surface area (Å²) in [5.74, 6) is 0.981. The molecule has 0 spiro atoms. The molecule has 1 aromatic heterocycles. The number of rotatable bonds is 6. The molecule has 2 aromatic rings. The molecule has 0 fully saturated rings. The van der Waals surface area contributed by atoms with Crippen LogP contribution < -0.4 is 9.47 Å². The number of amides is 1. The van der Waals surface area contributed by atoms with Crippen molar-refractivity contribution >= 4 is 5.91 Å². The van der Waals surface area contributed by atoms with Crippen molar-refractivity contribution in [2.45, 2.75) is 19.9 Å². The first-order valence-electron chi connectivity index (χ1n) is 7.58. The molecule has 122 valence electrons. The molecule has 0 aliphatic carbocycles. The molecule has 1 atom stereocenters. The number of para-hydroxylation sites is 1. The predicted octanol–water partition coefficient (Wildman–Crippen LogP) is 3.32. The number of aromatic nitrogens is 1. The van der Waals surface area contributed by atoms with Crippen molar-refractivity contribution < 1.29 is 14.3 Å². The highest BCUT2D eigenvalue weighted by molar-refractivity contribution is 5.96. The number of ether oxygens (including phenoxy) is 2. The molecule has 0 bridgehead atoms. The van der Waals surface area contributed by atoms with E-state index in [0.29, 0.717) is 18.1 Å². The van der Waals surface area contributed by atoms with Gasteiger partial charge in [0.1, 0.15) is 11.3 Å². The van der Waals surface area contributed by atoms with Gasteiger partial charge in [-0.3, -0.25) is 4.79 Å². The topological polar surface area (TPSA) is 51.7 Å². The Morgan fingerprint density at radius 1 is 1.26 bits per heavy atom. The number of nitrogens with zero attached hydrogens (tertiary/aromatic N) is 2. The minimum absolute atomic E-state index is 0.139. The van der Waals surface area contributed by atoms with E-state index >= 15 is 0 Å². The quantitative estimate of drug-likeness (QED) is 0.821. The Balaban J connectivity index is 2.29. The van der Waals surface area contributed by atoms with Crippen LogP contribution in [-0.4, -0.2) is 36.6 Å². The number of carbonyl (C=O) groups excluding carboxylic acids is 1. The van der Waals surface area contributed by atoms with Crippen LogP contribution in [0, 0.1) is 0 Å². The van der Waals surface area contributed by atoms with Crippen LogP contribution in [0.2, 0.25) is 0 Å². The van der Waals surface area contributed by atoms with Gasteiger partial charge in [-0.2, -0.15) is 0 Å². The number of benzene rings is 1. The molecule has 0 N–H and O–H groups in total. The molecule has 0 saturated heterocycles. The van der Waals surface area contributed by atoms with Gasteiger partial charge in [-0.1, -0.05) is 18.2 Å². The third-order valence-electron chi connectivity index (χ3n) is 3.77. The highest BCUT2D eigenvalue weighted by Gasteiger charge is 2.24. The molecule has 2 rings (SSSR count). The molecule has 0 aliphatic heterocycles. The van der Waals surface area contributed by atoms with Gasteiger partial charge in [-0.05, 0) is 32.0 Å². The summed E-state index contributed by atoms with van der Waals surface area (Å²) >= 11 is 0. The fourth-order valence-electron chi connectivity index (χ4n) is 2.39. The van der Waals surface area contributed by atoms with Gasteiger partial charge < -0.3 is 14.4 Å². The molecule has 1 unspecified atom stereocenters. The van der Waals surface area contributed by atoms with Gasteiger partial charge >= 0.3 is 0 Å². The van der Waals surface area contributed by atoms with E-state index in [4.69, 9.17) is 9.47 Å². The average molecular weight is 314 g/mol. The van der Waals surface area contributed by atoms with Crippen LogP contribution in [0.3, 0.4) is 0 Å². The van der Waals surface area contributed by atoms with Crippen LogP contribution in [0.1, 0.15) is 35.8 Å². The van der Waals surface area contributed by atoms with Gasteiger partial charge in [0.25, 0.3) is 5.91 Å². The van der Waals surface area contributed by atoms with E-state index in [2.05, 4.69) is 4.98 Å². The highest BCUT2D eigenvalue weighted by Crippen LogP contribution is 2.29. The lowest BCUT2D eigenvalue weighted by molar-refractivity contribution is 0.0736. The second kappa shape index (κ2) is 7.63. The normalized spacial score (nSPS) is 11.7. The molecule has 5 nitrogen and oxygen atoms in total. The van der Waals surface area contributed by atoms with Crippen LogP contribution in [0.5, 0.6) is 11.6 Å². The first-order valence-corrected chi connectivity index (χ1v) is 7.58. The molecule has 0 saturated carbocycles. The smallest absolute Gasteiger partial charge is 0.259 e. The van der Waals surface area contributed by atoms with Crippen molar-refractivity contribution in [3.8, 4) is 11.6 Å². The van der Waals surface area contributed by atoms with Crippen LogP contribution in [0.4, 0.5) is 0 Å². The zero-order chi connectivity index (χ0) is 16.8. The van der Waals surface area contributed by atoms with E-state index < -0.39 is 0 Å². The van der Waals surface area contributed by atoms with Crippen LogP contribution in [0.25, 0.3) is 0 Å². The Bertz CT molecular complexity index is 673. The summed E-state index contributed by atoms with van der Waals surface area (Å²) in [7, 11) is 3.39. The first kappa shape index (κ1) is 16.8. The minimum Gasteiger partial charge on any atom is -0.496 e. The molecule has 0 radical (unpaired) electrons. The SMILES string of the molecule is CCOc1ncccc1C(=O)N(C)C(C)c1ccccc1OC. The molecule has 1 amide bonds. The number of hydrogen-bond acceptors (Lipinski definition) is 4. The second-order valence-electron chi connectivity index (χ2n) is 5.12. The number of carbonyl (C=O) groups is 1. The van der Waals surface area contributed by atoms with E-state index in [1.54, 1.807) is 37.4 Å². The van der Waals surface area contributed by atoms with Gasteiger partial charge in [0.05, 0.1) is 19.8 Å². The van der Waals surface area contributed by atoms with Gasteiger partial charge in [-0.15, -0.1) is 0 Å². The Hall–Kier alpha value is -2.56. The molecule has 1 heterocycles. The molecular weight excluding hydrogens is 292 g/mol. The highest BCUT2D eigenvalue weighted by atomic mass is 16.5. The van der Waals surface area contributed by atoms with E-state index in [-0.39, 0.29) is 11.9 Å². The van der Waals surface area contributed by atoms with E-state index in [1.807, 2.05) is 38.1 Å². The van der Waals surface area contributed by atoms with Crippen molar-refractivity contribution in [3.05, 3.63) is 53.7 Å². The third-order valence-corrected chi connectivity index (χ3v) is 3.77. The minimum atomic E-state index is -0.145. The summed E-state index contributed by atoms with van der Waals surface area (Å²) in [4.78, 5) is 18.6. The lowest BCUT2D eigenvalue weighted by Crippen LogP contribution is -2.30. The lowest BCUT2D eigenvalue weighted by atomic mass is 10.1. The van der Waals surface area contributed by atoms with Crippen molar-refractivity contribution in [2.24, 2.45) is 0 Å². The van der Waals surface area contributed by atoms with E-state index in [1.165, 1.54) is 0 Å². The van der Waals surface area contributed by atoms with Crippen molar-refractivity contribution in [3.63, 3.8) is 0 Å². The van der Waals surface area contributed by atoms with Crippen LogP contribution >= 0.6 is 0 Å². The van der Waals surface area contributed by atoms with Crippen molar-refractivity contribution in [2.75, 3.05) is 20.8 Å². The fraction of sp³-hybridized carbons (Fsp3) is 0.333. The van der Waals surface area contributed by atoms with E-state index in [9.17, 15) is 4.79 Å². The second-order valence-corrected chi connectivity index (χ2v) is 5.12. The monoisotopic (exact) mass is 314 g/mol. The van der Waals surface area contributed by atoms with Gasteiger partial charge in [0.2, 0.25) is 5.88 Å². The van der Waals surface area contributed by atoms with Gasteiger partial charge in [0, 0.05) is 18.8 Å². The third kappa shape index (κ3) is 3.62. The standard InChI is InChI=1S/C18H22N2O3/c1-5-23-17-15(10-8-12-19-17)18(21)20(3)13(2)14-9-6-7-11-16(14)22-4/h6-13H,5H2,1-4H3. The Labute approximate surface area is 136 Å². The zero-order valence-electron chi connectivity index (χ0n) is 13.9. The maximum Gasteiger partial charge on any atom is 0.259 e.